The number of aromatic nitrogens is 4. The van der Waals surface area contributed by atoms with Crippen molar-refractivity contribution in [2.45, 2.75) is 19.4 Å². The third-order valence-electron chi connectivity index (χ3n) is 5.57. The molecule has 10 nitrogen and oxygen atoms in total. The highest BCUT2D eigenvalue weighted by atomic mass is 19.1. The van der Waals surface area contributed by atoms with E-state index in [0.717, 1.165) is 6.07 Å². The number of aromatic amines is 1. The van der Waals surface area contributed by atoms with Gasteiger partial charge < -0.3 is 20.1 Å². The molecule has 1 unspecified atom stereocenters. The molecular formula is C23H20F2N6O4. The molecule has 1 aromatic carbocycles. The number of anilines is 1. The number of benzene rings is 1. The number of hydrogen-bond acceptors (Lipinski definition) is 7. The Bertz CT molecular complexity index is 1490. The van der Waals surface area contributed by atoms with Crippen LogP contribution in [-0.4, -0.2) is 58.1 Å². The van der Waals surface area contributed by atoms with Crippen molar-refractivity contribution < 1.29 is 23.0 Å². The van der Waals surface area contributed by atoms with E-state index in [1.807, 2.05) is 0 Å². The molecule has 1 amide bonds. The minimum Gasteiger partial charge on any atom is -0.493 e. The molecule has 35 heavy (non-hydrogen) atoms. The largest absolute Gasteiger partial charge is 0.493 e. The standard InChI is InChI=1S/C23H20F2N6O4/c1-4-5-17(32)30-9-8-12(11-30)31-21-18(22(26)27-28-23(21)33)14(29-31)7-6-13-19(24)15(34-2)10-16(35-3)20(13)25/h10,12H,8-9,11H2,1-3H3,(H2,26,27)(H,28,33). The van der Waals surface area contributed by atoms with E-state index in [9.17, 15) is 18.4 Å². The lowest BCUT2D eigenvalue weighted by atomic mass is 10.1. The molecule has 3 N–H and O–H groups in total. The number of nitrogen functional groups attached to an aromatic ring is 1. The predicted octanol–water partition coefficient (Wildman–Crippen LogP) is 1.19. The maximum Gasteiger partial charge on any atom is 0.298 e. The second kappa shape index (κ2) is 9.35. The summed E-state index contributed by atoms with van der Waals surface area (Å²) in [6, 6.07) is 0.696. The molecule has 1 aliphatic heterocycles. The quantitative estimate of drug-likeness (QED) is 0.537. The molecule has 3 heterocycles. The zero-order chi connectivity index (χ0) is 25.3. The molecule has 0 spiro atoms. The Balaban J connectivity index is 1.85. The highest BCUT2D eigenvalue weighted by molar-refractivity contribution is 5.94. The van der Waals surface area contributed by atoms with Gasteiger partial charge in [-0.05, 0) is 25.2 Å². The number of amides is 1. The van der Waals surface area contributed by atoms with Gasteiger partial charge in [0.1, 0.15) is 16.8 Å². The Morgan fingerprint density at radius 3 is 2.54 bits per heavy atom. The number of nitrogens with zero attached hydrogens (tertiary/aromatic N) is 4. The molecule has 1 fully saturated rings. The first-order chi connectivity index (χ1) is 16.8. The number of ether oxygens (including phenoxy) is 2. The normalized spacial score (nSPS) is 14.8. The Morgan fingerprint density at radius 1 is 1.23 bits per heavy atom. The van der Waals surface area contributed by atoms with E-state index in [4.69, 9.17) is 15.2 Å². The van der Waals surface area contributed by atoms with E-state index >= 15 is 0 Å². The van der Waals surface area contributed by atoms with Gasteiger partial charge in [0.25, 0.3) is 11.5 Å². The summed E-state index contributed by atoms with van der Waals surface area (Å²) in [4.78, 5) is 26.3. The van der Waals surface area contributed by atoms with Crippen LogP contribution in [0.5, 0.6) is 11.5 Å². The maximum absolute atomic E-state index is 14.8. The van der Waals surface area contributed by atoms with Crippen LogP contribution >= 0.6 is 0 Å². The summed E-state index contributed by atoms with van der Waals surface area (Å²) in [6.07, 6.45) is 0.499. The van der Waals surface area contributed by atoms with Gasteiger partial charge in [-0.2, -0.15) is 10.2 Å². The summed E-state index contributed by atoms with van der Waals surface area (Å²) < 4.78 is 40.8. The van der Waals surface area contributed by atoms with Crippen molar-refractivity contribution in [3.63, 3.8) is 0 Å². The number of nitrogens with two attached hydrogens (primary N) is 1. The fourth-order valence-electron chi connectivity index (χ4n) is 3.90. The van der Waals surface area contributed by atoms with Crippen LogP contribution in [0.2, 0.25) is 0 Å². The number of fused-ring (bicyclic) bond motifs is 1. The molecule has 180 valence electrons. The summed E-state index contributed by atoms with van der Waals surface area (Å²) in [5, 5.41) is 10.6. The van der Waals surface area contributed by atoms with Crippen molar-refractivity contribution in [2.24, 2.45) is 0 Å². The molecule has 3 aromatic rings. The molecule has 1 atom stereocenters. The van der Waals surface area contributed by atoms with Gasteiger partial charge in [-0.3, -0.25) is 14.3 Å². The zero-order valence-corrected chi connectivity index (χ0v) is 19.0. The van der Waals surface area contributed by atoms with Crippen LogP contribution in [0.4, 0.5) is 14.6 Å². The van der Waals surface area contributed by atoms with Crippen LogP contribution in [0.15, 0.2) is 10.9 Å². The van der Waals surface area contributed by atoms with E-state index in [1.54, 1.807) is 11.8 Å². The number of carbonyl (C=O) groups is 1. The van der Waals surface area contributed by atoms with E-state index in [2.05, 4.69) is 39.0 Å². The lowest BCUT2D eigenvalue weighted by molar-refractivity contribution is -0.124. The lowest BCUT2D eigenvalue weighted by Gasteiger charge is -2.14. The molecule has 0 saturated carbocycles. The molecule has 0 radical (unpaired) electrons. The number of nitrogens with one attached hydrogen (secondary N) is 1. The van der Waals surface area contributed by atoms with Crippen molar-refractivity contribution in [1.29, 1.82) is 0 Å². The smallest absolute Gasteiger partial charge is 0.298 e. The van der Waals surface area contributed by atoms with Gasteiger partial charge in [-0.15, -0.1) is 0 Å². The van der Waals surface area contributed by atoms with E-state index in [1.165, 1.54) is 18.9 Å². The molecule has 0 aliphatic carbocycles. The number of hydrogen-bond donors (Lipinski definition) is 2. The monoisotopic (exact) mass is 482 g/mol. The third kappa shape index (κ3) is 4.10. The third-order valence-corrected chi connectivity index (χ3v) is 5.57. The zero-order valence-electron chi connectivity index (χ0n) is 19.0. The summed E-state index contributed by atoms with van der Waals surface area (Å²) in [5.74, 6) is 7.12. The lowest BCUT2D eigenvalue weighted by Crippen LogP contribution is -2.28. The Labute approximate surface area is 198 Å². The average molecular weight is 482 g/mol. The Hall–Kier alpha value is -4.58. The summed E-state index contributed by atoms with van der Waals surface area (Å²) in [7, 11) is 2.45. The van der Waals surface area contributed by atoms with Gasteiger partial charge in [0.2, 0.25) is 0 Å². The van der Waals surface area contributed by atoms with Crippen molar-refractivity contribution in [3.05, 3.63) is 39.3 Å². The second-order valence-electron chi connectivity index (χ2n) is 7.56. The van der Waals surface area contributed by atoms with Crippen molar-refractivity contribution >= 4 is 22.6 Å². The highest BCUT2D eigenvalue weighted by Gasteiger charge is 2.30. The first-order valence-electron chi connectivity index (χ1n) is 10.4. The summed E-state index contributed by atoms with van der Waals surface area (Å²) in [6.45, 7) is 2.24. The molecule has 1 aliphatic rings. The van der Waals surface area contributed by atoms with Gasteiger partial charge in [-0.1, -0.05) is 11.8 Å². The molecule has 2 aromatic heterocycles. The molecule has 1 saturated heterocycles. The Kier molecular flexibility index (Phi) is 6.30. The van der Waals surface area contributed by atoms with Crippen molar-refractivity contribution in [2.75, 3.05) is 33.0 Å². The van der Waals surface area contributed by atoms with Gasteiger partial charge in [0.15, 0.2) is 29.0 Å². The molecule has 4 rings (SSSR count). The van der Waals surface area contributed by atoms with Crippen LogP contribution < -0.4 is 20.8 Å². The molecule has 12 heteroatoms. The van der Waals surface area contributed by atoms with Crippen LogP contribution in [0.25, 0.3) is 10.9 Å². The van der Waals surface area contributed by atoms with Crippen LogP contribution in [0, 0.1) is 35.3 Å². The van der Waals surface area contributed by atoms with Gasteiger partial charge in [0.05, 0.1) is 25.6 Å². The SMILES string of the molecule is CC#CC(=O)N1CCC(n2nc(C#Cc3c(F)c(OC)cc(OC)c3F)c3c(N)n[nH]c(=O)c32)C1. The minimum absolute atomic E-state index is 0.00480. The van der Waals surface area contributed by atoms with Crippen LogP contribution in [0.1, 0.15) is 30.6 Å². The van der Waals surface area contributed by atoms with E-state index < -0.39 is 22.8 Å². The first-order valence-corrected chi connectivity index (χ1v) is 10.4. The van der Waals surface area contributed by atoms with Gasteiger partial charge in [-0.25, -0.2) is 13.9 Å². The fraction of sp³-hybridized carbons (Fsp3) is 0.304. The number of rotatable bonds is 3. The Morgan fingerprint density at radius 2 is 1.91 bits per heavy atom. The van der Waals surface area contributed by atoms with Gasteiger partial charge in [0, 0.05) is 19.2 Å². The topological polar surface area (TPSA) is 128 Å². The number of halogens is 2. The number of methoxy groups -OCH3 is 2. The van der Waals surface area contributed by atoms with Crippen LogP contribution in [-0.2, 0) is 4.79 Å². The number of carbonyl (C=O) groups excluding carboxylic acids is 1. The number of likely N-dealkylation sites (tertiary alicyclic amines) is 1. The fourth-order valence-corrected chi connectivity index (χ4v) is 3.90. The first kappa shape index (κ1) is 23.6. The molecular weight excluding hydrogens is 462 g/mol. The highest BCUT2D eigenvalue weighted by Crippen LogP contribution is 2.31. The average Bonchev–Trinajstić information content (AvgIpc) is 3.48. The maximum atomic E-state index is 14.8. The molecule has 0 bridgehead atoms. The van der Waals surface area contributed by atoms with Gasteiger partial charge >= 0.3 is 0 Å². The summed E-state index contributed by atoms with van der Waals surface area (Å²) in [5.41, 5.74) is 4.91. The second-order valence-corrected chi connectivity index (χ2v) is 7.56. The summed E-state index contributed by atoms with van der Waals surface area (Å²) >= 11 is 0. The number of H-pyrrole nitrogens is 1. The van der Waals surface area contributed by atoms with Crippen molar-refractivity contribution in [3.8, 4) is 35.2 Å². The van der Waals surface area contributed by atoms with Crippen LogP contribution in [0.3, 0.4) is 0 Å². The minimum atomic E-state index is -1.02. The van der Waals surface area contributed by atoms with E-state index in [0.29, 0.717) is 13.0 Å². The predicted molar refractivity (Wildman–Crippen MR) is 122 cm³/mol. The van der Waals surface area contributed by atoms with Crippen molar-refractivity contribution in [1.82, 2.24) is 24.9 Å². The van der Waals surface area contributed by atoms with E-state index in [-0.39, 0.29) is 52.4 Å².